The molecule has 7 heteroatoms. The Kier molecular flexibility index (Phi) is 4.31. The Morgan fingerprint density at radius 3 is 2.74 bits per heavy atom. The summed E-state index contributed by atoms with van der Waals surface area (Å²) in [6.07, 6.45) is 0. The van der Waals surface area contributed by atoms with E-state index < -0.39 is 0 Å². The minimum atomic E-state index is -0.294. The number of amides is 1. The van der Waals surface area contributed by atoms with Crippen LogP contribution in [0.1, 0.15) is 27.5 Å². The molecule has 3 aromatic rings. The average molecular weight is 365 g/mol. The van der Waals surface area contributed by atoms with Gasteiger partial charge in [0.2, 0.25) is 0 Å². The first-order chi connectivity index (χ1) is 13.0. The van der Waals surface area contributed by atoms with E-state index in [9.17, 15) is 9.59 Å². The van der Waals surface area contributed by atoms with Crippen LogP contribution < -0.4 is 11.3 Å². The largest absolute Gasteiger partial charge is 0.338 e. The number of carbonyl (C=O) groups is 1. The van der Waals surface area contributed by atoms with Gasteiger partial charge in [-0.05, 0) is 31.0 Å². The number of hydrogen-bond donors (Lipinski definition) is 2. The molecule has 4 rings (SSSR count). The number of likely N-dealkylation sites (tertiary alicyclic amines) is 1. The fourth-order valence-corrected chi connectivity index (χ4v) is 4.08. The summed E-state index contributed by atoms with van der Waals surface area (Å²) in [6, 6.07) is 11.9. The third kappa shape index (κ3) is 2.94. The van der Waals surface area contributed by atoms with Gasteiger partial charge in [0, 0.05) is 31.7 Å². The minimum absolute atomic E-state index is 0.140. The van der Waals surface area contributed by atoms with Gasteiger partial charge in [0.15, 0.2) is 5.65 Å². The predicted molar refractivity (Wildman–Crippen MR) is 104 cm³/mol. The third-order valence-electron chi connectivity index (χ3n) is 5.43. The molecule has 0 aliphatic carbocycles. The number of aromatic nitrogens is 3. The van der Waals surface area contributed by atoms with E-state index in [1.165, 1.54) is 5.56 Å². The second kappa shape index (κ2) is 6.66. The number of carbonyl (C=O) groups excluding carboxylic acids is 1. The number of nitrogens with one attached hydrogen (secondary N) is 1. The third-order valence-corrected chi connectivity index (χ3v) is 5.43. The molecule has 27 heavy (non-hydrogen) atoms. The van der Waals surface area contributed by atoms with Gasteiger partial charge in [-0.15, -0.1) is 0 Å². The number of fused-ring (bicyclic) bond motifs is 1. The van der Waals surface area contributed by atoms with Gasteiger partial charge >= 0.3 is 0 Å². The Morgan fingerprint density at radius 1 is 1.30 bits per heavy atom. The van der Waals surface area contributed by atoms with Crippen molar-refractivity contribution in [2.24, 2.45) is 18.7 Å². The number of rotatable bonds is 3. The van der Waals surface area contributed by atoms with Gasteiger partial charge in [0.25, 0.3) is 11.5 Å². The van der Waals surface area contributed by atoms with Gasteiger partial charge in [0.05, 0.1) is 10.9 Å². The van der Waals surface area contributed by atoms with Crippen LogP contribution in [-0.4, -0.2) is 45.2 Å². The van der Waals surface area contributed by atoms with Crippen molar-refractivity contribution >= 4 is 16.9 Å². The number of H-pyrrole nitrogens is 1. The molecule has 3 N–H and O–H groups in total. The van der Waals surface area contributed by atoms with Gasteiger partial charge < -0.3 is 10.6 Å². The second-order valence-corrected chi connectivity index (χ2v) is 7.23. The molecule has 1 aromatic carbocycles. The van der Waals surface area contributed by atoms with E-state index in [1.807, 2.05) is 30.0 Å². The summed E-state index contributed by atoms with van der Waals surface area (Å²) < 4.78 is 1.56. The molecule has 1 aliphatic rings. The van der Waals surface area contributed by atoms with Gasteiger partial charge in [-0.25, -0.2) is 4.98 Å². The van der Waals surface area contributed by atoms with Crippen molar-refractivity contribution in [2.75, 3.05) is 19.6 Å². The van der Waals surface area contributed by atoms with E-state index in [1.54, 1.807) is 17.8 Å². The van der Waals surface area contributed by atoms with Crippen LogP contribution >= 0.6 is 0 Å². The molecular weight excluding hydrogens is 342 g/mol. The number of benzene rings is 1. The van der Waals surface area contributed by atoms with Crippen molar-refractivity contribution in [1.29, 1.82) is 0 Å². The Labute approximate surface area is 156 Å². The molecular formula is C20H23N5O2. The maximum atomic E-state index is 13.3. The molecule has 1 amide bonds. The first-order valence-corrected chi connectivity index (χ1v) is 9.10. The molecule has 2 aromatic heterocycles. The van der Waals surface area contributed by atoms with Gasteiger partial charge in [-0.3, -0.25) is 19.4 Å². The monoisotopic (exact) mass is 365 g/mol. The number of nitrogens with two attached hydrogens (primary N) is 1. The summed E-state index contributed by atoms with van der Waals surface area (Å²) in [5, 5.41) is 3.04. The van der Waals surface area contributed by atoms with Crippen LogP contribution in [0.25, 0.3) is 11.0 Å². The van der Waals surface area contributed by atoms with Crippen LogP contribution in [0.5, 0.6) is 0 Å². The topological polar surface area (TPSA) is 97.0 Å². The van der Waals surface area contributed by atoms with Crippen molar-refractivity contribution in [2.45, 2.75) is 12.8 Å². The maximum Gasteiger partial charge on any atom is 0.274 e. The van der Waals surface area contributed by atoms with E-state index in [-0.39, 0.29) is 23.3 Å². The van der Waals surface area contributed by atoms with Crippen LogP contribution in [0, 0.1) is 12.8 Å². The van der Waals surface area contributed by atoms with Crippen LogP contribution in [-0.2, 0) is 7.05 Å². The van der Waals surface area contributed by atoms with Crippen molar-refractivity contribution < 1.29 is 4.79 Å². The molecule has 0 saturated carbocycles. The highest BCUT2D eigenvalue weighted by Gasteiger charge is 2.36. The van der Waals surface area contributed by atoms with Gasteiger partial charge in [-0.2, -0.15) is 0 Å². The summed E-state index contributed by atoms with van der Waals surface area (Å²) in [6.45, 7) is 3.52. The molecule has 0 bridgehead atoms. The maximum absolute atomic E-state index is 13.3. The molecule has 0 unspecified atom stereocenters. The average Bonchev–Trinajstić information content (AvgIpc) is 3.22. The van der Waals surface area contributed by atoms with Crippen molar-refractivity contribution in [3.8, 4) is 0 Å². The lowest BCUT2D eigenvalue weighted by Crippen LogP contribution is -2.30. The molecule has 1 saturated heterocycles. The summed E-state index contributed by atoms with van der Waals surface area (Å²) in [7, 11) is 1.72. The van der Waals surface area contributed by atoms with Crippen molar-refractivity contribution in [3.63, 3.8) is 0 Å². The minimum Gasteiger partial charge on any atom is -0.338 e. The standard InChI is InChI=1S/C20H23N5O2/c1-12-8-15(17-18(22-12)24(2)23-19(17)26)20(27)25-10-14(9-21)16(11-25)13-6-4-3-5-7-13/h3-8,14,16H,9-11,21H2,1-2H3,(H,23,26)/t14-,16+/m1/s1. The molecule has 7 nitrogen and oxygen atoms in total. The normalized spacial score (nSPS) is 19.7. The number of nitrogens with zero attached hydrogens (tertiary/aromatic N) is 3. The molecule has 1 aliphatic heterocycles. The fourth-order valence-electron chi connectivity index (χ4n) is 4.08. The van der Waals surface area contributed by atoms with Gasteiger partial charge in [-0.1, -0.05) is 30.3 Å². The highest BCUT2D eigenvalue weighted by molar-refractivity contribution is 6.05. The molecule has 140 valence electrons. The Bertz CT molecular complexity index is 1050. The van der Waals surface area contributed by atoms with Crippen LogP contribution in [0.2, 0.25) is 0 Å². The molecule has 0 radical (unpaired) electrons. The number of hydrogen-bond acceptors (Lipinski definition) is 4. The second-order valence-electron chi connectivity index (χ2n) is 7.23. The highest BCUT2D eigenvalue weighted by Crippen LogP contribution is 2.33. The molecule has 3 heterocycles. The quantitative estimate of drug-likeness (QED) is 0.733. The molecule has 0 spiro atoms. The first-order valence-electron chi connectivity index (χ1n) is 9.10. The zero-order chi connectivity index (χ0) is 19.1. The first kappa shape index (κ1) is 17.5. The van der Waals surface area contributed by atoms with Crippen LogP contribution in [0.3, 0.4) is 0 Å². The van der Waals surface area contributed by atoms with E-state index in [2.05, 4.69) is 22.2 Å². The van der Waals surface area contributed by atoms with E-state index in [0.717, 1.165) is 0 Å². The lowest BCUT2D eigenvalue weighted by atomic mass is 9.89. The van der Waals surface area contributed by atoms with Gasteiger partial charge in [0.1, 0.15) is 0 Å². The van der Waals surface area contributed by atoms with Crippen LogP contribution in [0.15, 0.2) is 41.2 Å². The Balaban J connectivity index is 1.72. The summed E-state index contributed by atoms with van der Waals surface area (Å²) in [5.74, 6) is 0.260. The van der Waals surface area contributed by atoms with Crippen molar-refractivity contribution in [3.05, 3.63) is 63.6 Å². The number of pyridine rings is 1. The van der Waals surface area contributed by atoms with E-state index in [4.69, 9.17) is 5.73 Å². The Morgan fingerprint density at radius 2 is 2.04 bits per heavy atom. The lowest BCUT2D eigenvalue weighted by Gasteiger charge is -2.17. The lowest BCUT2D eigenvalue weighted by molar-refractivity contribution is 0.0788. The number of aryl methyl sites for hydroxylation is 2. The summed E-state index contributed by atoms with van der Waals surface area (Å²) in [4.78, 5) is 31.9. The highest BCUT2D eigenvalue weighted by atomic mass is 16.2. The predicted octanol–water partition coefficient (Wildman–Crippen LogP) is 1.38. The molecule has 2 atom stereocenters. The summed E-state index contributed by atoms with van der Waals surface area (Å²) >= 11 is 0. The Hall–Kier alpha value is -2.93. The molecule has 1 fully saturated rings. The smallest absolute Gasteiger partial charge is 0.274 e. The SMILES string of the molecule is Cc1cc(C(=O)N2C[C@@H](CN)[C@H](c3ccccc3)C2)c2c(=O)[nH]n(C)c2n1. The fraction of sp³-hybridized carbons (Fsp3) is 0.350. The zero-order valence-electron chi connectivity index (χ0n) is 15.5. The number of aromatic amines is 1. The van der Waals surface area contributed by atoms with E-state index in [0.29, 0.717) is 41.9 Å². The van der Waals surface area contributed by atoms with E-state index >= 15 is 0 Å². The zero-order valence-corrected chi connectivity index (χ0v) is 15.5. The van der Waals surface area contributed by atoms with Crippen LogP contribution in [0.4, 0.5) is 0 Å². The van der Waals surface area contributed by atoms with Crippen molar-refractivity contribution in [1.82, 2.24) is 19.7 Å². The summed E-state index contributed by atoms with van der Waals surface area (Å²) in [5.41, 5.74) is 8.50.